The first-order valence-electron chi connectivity index (χ1n) is 7.25. The SMILES string of the molecule is Cc1ccc(CNC(=O)[C@@H]2Cc3ccccc3C(=O)O2)cc1. The van der Waals surface area contributed by atoms with E-state index in [1.54, 1.807) is 12.1 Å². The van der Waals surface area contributed by atoms with E-state index in [2.05, 4.69) is 5.32 Å². The lowest BCUT2D eigenvalue weighted by Crippen LogP contribution is -2.41. The molecule has 0 bridgehead atoms. The molecule has 3 rings (SSSR count). The van der Waals surface area contributed by atoms with Crippen molar-refractivity contribution in [1.29, 1.82) is 0 Å². The Labute approximate surface area is 129 Å². The molecule has 2 aromatic rings. The molecule has 1 aliphatic heterocycles. The third-order valence-electron chi connectivity index (χ3n) is 3.77. The zero-order valence-electron chi connectivity index (χ0n) is 12.3. The van der Waals surface area contributed by atoms with Gasteiger partial charge in [0.05, 0.1) is 5.56 Å². The second-order valence-electron chi connectivity index (χ2n) is 5.46. The molecule has 1 N–H and O–H groups in total. The average Bonchev–Trinajstić information content (AvgIpc) is 2.54. The smallest absolute Gasteiger partial charge is 0.339 e. The lowest BCUT2D eigenvalue weighted by Gasteiger charge is -2.23. The van der Waals surface area contributed by atoms with Gasteiger partial charge < -0.3 is 10.1 Å². The van der Waals surface area contributed by atoms with Gasteiger partial charge >= 0.3 is 5.97 Å². The van der Waals surface area contributed by atoms with E-state index in [4.69, 9.17) is 4.74 Å². The van der Waals surface area contributed by atoms with E-state index >= 15 is 0 Å². The second kappa shape index (κ2) is 6.02. The van der Waals surface area contributed by atoms with Crippen molar-refractivity contribution >= 4 is 11.9 Å². The van der Waals surface area contributed by atoms with E-state index in [9.17, 15) is 9.59 Å². The van der Waals surface area contributed by atoms with Crippen LogP contribution in [0.1, 0.15) is 27.0 Å². The summed E-state index contributed by atoms with van der Waals surface area (Å²) in [5.74, 6) is -0.694. The second-order valence-corrected chi connectivity index (χ2v) is 5.46. The van der Waals surface area contributed by atoms with Gasteiger partial charge in [-0.05, 0) is 24.1 Å². The Hall–Kier alpha value is -2.62. The van der Waals surface area contributed by atoms with Crippen molar-refractivity contribution in [2.45, 2.75) is 26.0 Å². The topological polar surface area (TPSA) is 55.4 Å². The van der Waals surface area contributed by atoms with Crippen LogP contribution in [0.3, 0.4) is 0 Å². The molecule has 2 aromatic carbocycles. The Balaban J connectivity index is 1.64. The Morgan fingerprint density at radius 3 is 2.68 bits per heavy atom. The number of aryl methyl sites for hydroxylation is 1. The third-order valence-corrected chi connectivity index (χ3v) is 3.77. The van der Waals surface area contributed by atoms with Crippen molar-refractivity contribution in [3.8, 4) is 0 Å². The first kappa shape index (κ1) is 14.3. The molecular formula is C18H17NO3. The summed E-state index contributed by atoms with van der Waals surface area (Å²) >= 11 is 0. The molecule has 0 saturated heterocycles. The number of benzene rings is 2. The van der Waals surface area contributed by atoms with Crippen molar-refractivity contribution in [3.63, 3.8) is 0 Å². The summed E-state index contributed by atoms with van der Waals surface area (Å²) in [6, 6.07) is 15.2. The standard InChI is InChI=1S/C18H17NO3/c1-12-6-8-13(9-7-12)11-19-17(20)16-10-14-4-2-3-5-15(14)18(21)22-16/h2-9,16H,10-11H2,1H3,(H,19,20)/t16-/m0/s1. The summed E-state index contributed by atoms with van der Waals surface area (Å²) in [7, 11) is 0. The van der Waals surface area contributed by atoms with E-state index in [0.29, 0.717) is 18.5 Å². The Kier molecular flexibility index (Phi) is 3.92. The van der Waals surface area contributed by atoms with Crippen LogP contribution < -0.4 is 5.32 Å². The van der Waals surface area contributed by atoms with Gasteiger partial charge in [0.2, 0.25) is 0 Å². The highest BCUT2D eigenvalue weighted by Crippen LogP contribution is 2.20. The molecule has 22 heavy (non-hydrogen) atoms. The maximum Gasteiger partial charge on any atom is 0.339 e. The number of ether oxygens (including phenoxy) is 1. The lowest BCUT2D eigenvalue weighted by molar-refractivity contribution is -0.130. The fraction of sp³-hybridized carbons (Fsp3) is 0.222. The molecule has 4 heteroatoms. The molecule has 0 radical (unpaired) electrons. The van der Waals surface area contributed by atoms with Gasteiger partial charge in [0.25, 0.3) is 5.91 Å². The van der Waals surface area contributed by atoms with Gasteiger partial charge in [-0.2, -0.15) is 0 Å². The number of hydrogen-bond donors (Lipinski definition) is 1. The maximum atomic E-state index is 12.2. The minimum absolute atomic E-state index is 0.261. The van der Waals surface area contributed by atoms with Gasteiger partial charge in [-0.3, -0.25) is 4.79 Å². The van der Waals surface area contributed by atoms with Crippen LogP contribution in [-0.2, 0) is 22.5 Å². The highest BCUT2D eigenvalue weighted by molar-refractivity contribution is 5.95. The summed E-state index contributed by atoms with van der Waals surface area (Å²) in [5, 5.41) is 2.82. The summed E-state index contributed by atoms with van der Waals surface area (Å²) < 4.78 is 5.23. The molecule has 1 aliphatic rings. The number of fused-ring (bicyclic) bond motifs is 1. The molecule has 4 nitrogen and oxygen atoms in total. The summed E-state index contributed by atoms with van der Waals surface area (Å²) in [6.45, 7) is 2.44. The van der Waals surface area contributed by atoms with E-state index in [1.807, 2.05) is 43.3 Å². The Morgan fingerprint density at radius 2 is 1.91 bits per heavy atom. The van der Waals surface area contributed by atoms with Gasteiger partial charge in [0.1, 0.15) is 0 Å². The maximum absolute atomic E-state index is 12.2. The summed E-state index contributed by atoms with van der Waals surface area (Å²) in [4.78, 5) is 24.1. The first-order valence-corrected chi connectivity index (χ1v) is 7.25. The number of hydrogen-bond acceptors (Lipinski definition) is 3. The van der Waals surface area contributed by atoms with Gasteiger partial charge in [-0.25, -0.2) is 4.79 Å². The molecule has 0 aliphatic carbocycles. The van der Waals surface area contributed by atoms with Gasteiger partial charge in [0, 0.05) is 13.0 Å². The predicted molar refractivity (Wildman–Crippen MR) is 82.4 cm³/mol. The molecule has 0 aromatic heterocycles. The van der Waals surface area contributed by atoms with Crippen LogP contribution >= 0.6 is 0 Å². The van der Waals surface area contributed by atoms with Crippen molar-refractivity contribution in [3.05, 3.63) is 70.8 Å². The van der Waals surface area contributed by atoms with Crippen LogP contribution in [0.2, 0.25) is 0 Å². The van der Waals surface area contributed by atoms with Crippen molar-refractivity contribution in [2.24, 2.45) is 0 Å². The normalized spacial score (nSPS) is 16.6. The number of carbonyl (C=O) groups excluding carboxylic acids is 2. The predicted octanol–water partition coefficient (Wildman–Crippen LogP) is 2.39. The first-order chi connectivity index (χ1) is 10.6. The van der Waals surface area contributed by atoms with E-state index < -0.39 is 12.1 Å². The molecule has 1 amide bonds. The molecule has 112 valence electrons. The molecular weight excluding hydrogens is 278 g/mol. The summed E-state index contributed by atoms with van der Waals surface area (Å²) in [5.41, 5.74) is 3.59. The quantitative estimate of drug-likeness (QED) is 0.885. The van der Waals surface area contributed by atoms with Crippen LogP contribution in [0.25, 0.3) is 0 Å². The average molecular weight is 295 g/mol. The number of esters is 1. The van der Waals surface area contributed by atoms with E-state index in [1.165, 1.54) is 5.56 Å². The van der Waals surface area contributed by atoms with Crippen LogP contribution in [0.5, 0.6) is 0 Å². The molecule has 1 heterocycles. The highest BCUT2D eigenvalue weighted by atomic mass is 16.5. The van der Waals surface area contributed by atoms with E-state index in [0.717, 1.165) is 11.1 Å². The number of carbonyl (C=O) groups is 2. The van der Waals surface area contributed by atoms with Gasteiger partial charge in [-0.1, -0.05) is 48.0 Å². The Bertz CT molecular complexity index is 707. The highest BCUT2D eigenvalue weighted by Gasteiger charge is 2.30. The molecule has 0 unspecified atom stereocenters. The van der Waals surface area contributed by atoms with E-state index in [-0.39, 0.29) is 5.91 Å². The minimum atomic E-state index is -0.757. The number of rotatable bonds is 3. The number of cyclic esters (lactones) is 1. The van der Waals surface area contributed by atoms with Gasteiger partial charge in [0.15, 0.2) is 6.10 Å². The monoisotopic (exact) mass is 295 g/mol. The summed E-state index contributed by atoms with van der Waals surface area (Å²) in [6.07, 6.45) is -0.338. The zero-order valence-corrected chi connectivity index (χ0v) is 12.3. The third kappa shape index (κ3) is 3.01. The Morgan fingerprint density at radius 1 is 1.18 bits per heavy atom. The van der Waals surface area contributed by atoms with Crippen LogP contribution in [0.4, 0.5) is 0 Å². The fourth-order valence-corrected chi connectivity index (χ4v) is 2.49. The lowest BCUT2D eigenvalue weighted by atomic mass is 9.98. The van der Waals surface area contributed by atoms with Crippen molar-refractivity contribution in [1.82, 2.24) is 5.32 Å². The molecule has 1 atom stereocenters. The van der Waals surface area contributed by atoms with Crippen LogP contribution in [0, 0.1) is 6.92 Å². The van der Waals surface area contributed by atoms with Crippen molar-refractivity contribution < 1.29 is 14.3 Å². The minimum Gasteiger partial charge on any atom is -0.448 e. The molecule has 0 fully saturated rings. The number of amides is 1. The molecule has 0 spiro atoms. The largest absolute Gasteiger partial charge is 0.448 e. The van der Waals surface area contributed by atoms with Crippen LogP contribution in [-0.4, -0.2) is 18.0 Å². The fourth-order valence-electron chi connectivity index (χ4n) is 2.49. The van der Waals surface area contributed by atoms with Crippen LogP contribution in [0.15, 0.2) is 48.5 Å². The zero-order chi connectivity index (χ0) is 15.5. The van der Waals surface area contributed by atoms with Gasteiger partial charge in [-0.15, -0.1) is 0 Å². The molecule has 0 saturated carbocycles. The number of nitrogens with one attached hydrogen (secondary N) is 1. The van der Waals surface area contributed by atoms with Crippen molar-refractivity contribution in [2.75, 3.05) is 0 Å².